The number of hydrogen-bond acceptors (Lipinski definition) is 5. The molecule has 3 atom stereocenters. The molecule has 3 heterocycles. The Hall–Kier alpha value is -3.74. The lowest BCUT2D eigenvalue weighted by Crippen LogP contribution is -2.50. The van der Waals surface area contributed by atoms with Gasteiger partial charge in [0, 0.05) is 37.7 Å². The van der Waals surface area contributed by atoms with Crippen LogP contribution in [0, 0.1) is 0 Å². The van der Waals surface area contributed by atoms with Gasteiger partial charge in [-0.2, -0.15) is 0 Å². The highest BCUT2D eigenvalue weighted by atomic mass is 16.5. The number of amides is 3. The van der Waals surface area contributed by atoms with E-state index in [0.717, 1.165) is 6.42 Å². The van der Waals surface area contributed by atoms with Crippen LogP contribution in [-0.2, 0) is 19.8 Å². The summed E-state index contributed by atoms with van der Waals surface area (Å²) in [6.45, 7) is 6.41. The molecule has 7 heteroatoms. The third kappa shape index (κ3) is 5.25. The Bertz CT molecular complexity index is 1120. The van der Waals surface area contributed by atoms with Crippen LogP contribution in [0.25, 0.3) is 0 Å². The first-order valence-electron chi connectivity index (χ1n) is 12.5. The van der Waals surface area contributed by atoms with Gasteiger partial charge < -0.3 is 9.64 Å². The van der Waals surface area contributed by atoms with Gasteiger partial charge in [-0.25, -0.2) is 0 Å². The van der Waals surface area contributed by atoms with E-state index in [1.807, 2.05) is 60.4 Å². The van der Waals surface area contributed by atoms with Crippen LogP contribution in [-0.4, -0.2) is 57.7 Å². The first kappa shape index (κ1) is 25.4. The maximum atomic E-state index is 13.9. The van der Waals surface area contributed by atoms with Crippen molar-refractivity contribution in [1.82, 2.24) is 14.8 Å². The molecule has 0 bridgehead atoms. The van der Waals surface area contributed by atoms with E-state index in [-0.39, 0.29) is 49.2 Å². The van der Waals surface area contributed by atoms with Gasteiger partial charge in [0.25, 0.3) is 0 Å². The summed E-state index contributed by atoms with van der Waals surface area (Å²) in [6, 6.07) is 12.7. The number of hydrogen-bond donors (Lipinski definition) is 0. The van der Waals surface area contributed by atoms with Crippen molar-refractivity contribution in [2.75, 3.05) is 13.2 Å². The zero-order valence-electron chi connectivity index (χ0n) is 20.7. The fraction of sp³-hybridized carbons (Fsp3) is 0.379. The summed E-state index contributed by atoms with van der Waals surface area (Å²) in [4.78, 5) is 47.9. The van der Waals surface area contributed by atoms with E-state index in [1.54, 1.807) is 18.5 Å². The molecule has 0 spiro atoms. The van der Waals surface area contributed by atoms with Crippen molar-refractivity contribution >= 4 is 17.7 Å². The van der Waals surface area contributed by atoms with Crippen LogP contribution in [0.2, 0.25) is 0 Å². The second kappa shape index (κ2) is 11.3. The Balaban J connectivity index is 1.53. The van der Waals surface area contributed by atoms with E-state index in [0.29, 0.717) is 30.8 Å². The normalized spacial score (nSPS) is 23.7. The number of imide groups is 1. The van der Waals surface area contributed by atoms with Gasteiger partial charge in [-0.05, 0) is 43.9 Å². The highest BCUT2D eigenvalue weighted by molar-refractivity contribution is 6.10. The van der Waals surface area contributed by atoms with Crippen LogP contribution in [0.5, 0.6) is 5.75 Å². The predicted molar refractivity (Wildman–Crippen MR) is 137 cm³/mol. The first-order valence-corrected chi connectivity index (χ1v) is 12.5. The Morgan fingerprint density at radius 1 is 1.22 bits per heavy atom. The monoisotopic (exact) mass is 487 g/mol. The molecule has 1 fully saturated rings. The van der Waals surface area contributed by atoms with Crippen molar-refractivity contribution in [3.8, 4) is 5.75 Å². The Labute approximate surface area is 212 Å². The van der Waals surface area contributed by atoms with Gasteiger partial charge in [-0.1, -0.05) is 48.6 Å². The minimum Gasteiger partial charge on any atom is -0.492 e. The minimum absolute atomic E-state index is 0.00393. The fourth-order valence-electron chi connectivity index (χ4n) is 5.25. The lowest BCUT2D eigenvalue weighted by molar-refractivity contribution is -0.144. The standard InChI is InChI=1S/C29H33N3O4/c1-3-10-24-14-7-11-22(2)32(24)27(34)20-29(23-12-5-4-6-13-23)19-26(33)31(28(29)35)17-9-18-36-25-15-8-16-30-21-25/h3-8,11-13,15-16,21-22,24H,1,9-10,14,17-20H2,2H3/t22-,24-,29+/m1/s1. The smallest absolute Gasteiger partial charge is 0.240 e. The highest BCUT2D eigenvalue weighted by Crippen LogP contribution is 2.41. The maximum Gasteiger partial charge on any atom is 0.240 e. The SMILES string of the molecule is C=CC[C@@H]1CC=C[C@@H](C)N1C(=O)C[C@]1(c2ccccc2)CC(=O)N(CCCOc2cccnc2)C1=O. The van der Waals surface area contributed by atoms with E-state index in [1.165, 1.54) is 4.90 Å². The minimum atomic E-state index is -1.21. The summed E-state index contributed by atoms with van der Waals surface area (Å²) in [5.74, 6) is -0.0498. The van der Waals surface area contributed by atoms with Gasteiger partial charge in [0.2, 0.25) is 17.7 Å². The third-order valence-electron chi connectivity index (χ3n) is 7.00. The van der Waals surface area contributed by atoms with Crippen molar-refractivity contribution in [1.29, 1.82) is 0 Å². The number of carbonyl (C=O) groups excluding carboxylic acids is 3. The van der Waals surface area contributed by atoms with Gasteiger partial charge in [0.05, 0.1) is 18.2 Å². The number of carbonyl (C=O) groups is 3. The number of rotatable bonds is 10. The fourth-order valence-corrected chi connectivity index (χ4v) is 5.25. The molecule has 0 radical (unpaired) electrons. The molecule has 2 aliphatic heterocycles. The molecule has 1 saturated heterocycles. The molecule has 1 aromatic heterocycles. The molecule has 1 aromatic carbocycles. The van der Waals surface area contributed by atoms with Gasteiger partial charge in [-0.15, -0.1) is 6.58 Å². The van der Waals surface area contributed by atoms with Gasteiger partial charge >= 0.3 is 0 Å². The first-order chi connectivity index (χ1) is 17.5. The Morgan fingerprint density at radius 2 is 2.03 bits per heavy atom. The van der Waals surface area contributed by atoms with E-state index < -0.39 is 5.41 Å². The molecule has 188 valence electrons. The van der Waals surface area contributed by atoms with Crippen molar-refractivity contribution in [2.24, 2.45) is 0 Å². The van der Waals surface area contributed by atoms with Crippen LogP contribution >= 0.6 is 0 Å². The maximum absolute atomic E-state index is 13.9. The lowest BCUT2D eigenvalue weighted by Gasteiger charge is -2.39. The zero-order chi connectivity index (χ0) is 25.5. The predicted octanol–water partition coefficient (Wildman–Crippen LogP) is 4.06. The van der Waals surface area contributed by atoms with E-state index in [4.69, 9.17) is 4.74 Å². The third-order valence-corrected chi connectivity index (χ3v) is 7.00. The van der Waals surface area contributed by atoms with Crippen molar-refractivity contribution in [2.45, 2.75) is 56.5 Å². The van der Waals surface area contributed by atoms with Crippen LogP contribution < -0.4 is 4.74 Å². The molecule has 36 heavy (non-hydrogen) atoms. The lowest BCUT2D eigenvalue weighted by atomic mass is 9.75. The van der Waals surface area contributed by atoms with Crippen molar-refractivity contribution in [3.63, 3.8) is 0 Å². The van der Waals surface area contributed by atoms with E-state index >= 15 is 0 Å². The summed E-state index contributed by atoms with van der Waals surface area (Å²) < 4.78 is 5.68. The van der Waals surface area contributed by atoms with Crippen molar-refractivity contribution < 1.29 is 19.1 Å². The molecule has 7 nitrogen and oxygen atoms in total. The highest BCUT2D eigenvalue weighted by Gasteiger charge is 2.54. The number of nitrogens with zero attached hydrogens (tertiary/aromatic N) is 3. The topological polar surface area (TPSA) is 79.8 Å². The molecule has 0 aliphatic carbocycles. The molecule has 2 aliphatic rings. The molecule has 3 amide bonds. The number of ether oxygens (including phenoxy) is 1. The second-order valence-electron chi connectivity index (χ2n) is 9.43. The second-order valence-corrected chi connectivity index (χ2v) is 9.43. The quantitative estimate of drug-likeness (QED) is 0.287. The molecular weight excluding hydrogens is 454 g/mol. The van der Waals surface area contributed by atoms with Gasteiger partial charge in [0.1, 0.15) is 5.75 Å². The summed E-state index contributed by atoms with van der Waals surface area (Å²) in [6.07, 6.45) is 11.1. The van der Waals surface area contributed by atoms with Crippen LogP contribution in [0.1, 0.15) is 44.6 Å². The summed E-state index contributed by atoms with van der Waals surface area (Å²) in [5.41, 5.74) is -0.509. The Kier molecular flexibility index (Phi) is 7.98. The van der Waals surface area contributed by atoms with E-state index in [2.05, 4.69) is 17.6 Å². The molecule has 0 unspecified atom stereocenters. The number of benzene rings is 1. The largest absolute Gasteiger partial charge is 0.492 e. The van der Waals surface area contributed by atoms with Crippen LogP contribution in [0.3, 0.4) is 0 Å². The average molecular weight is 488 g/mol. The summed E-state index contributed by atoms with van der Waals surface area (Å²) in [7, 11) is 0. The van der Waals surface area contributed by atoms with Gasteiger partial charge in [0.15, 0.2) is 0 Å². The summed E-state index contributed by atoms with van der Waals surface area (Å²) in [5, 5.41) is 0. The zero-order valence-corrected chi connectivity index (χ0v) is 20.7. The number of pyridine rings is 1. The summed E-state index contributed by atoms with van der Waals surface area (Å²) >= 11 is 0. The molecule has 0 N–H and O–H groups in total. The Morgan fingerprint density at radius 3 is 2.75 bits per heavy atom. The van der Waals surface area contributed by atoms with Crippen LogP contribution in [0.15, 0.2) is 79.7 Å². The molecule has 0 saturated carbocycles. The number of likely N-dealkylation sites (tertiary alicyclic amines) is 1. The molecular formula is C29H33N3O4. The average Bonchev–Trinajstić information content (AvgIpc) is 3.12. The molecule has 2 aromatic rings. The van der Waals surface area contributed by atoms with E-state index in [9.17, 15) is 14.4 Å². The number of aromatic nitrogens is 1. The van der Waals surface area contributed by atoms with Crippen molar-refractivity contribution in [3.05, 3.63) is 85.2 Å². The van der Waals surface area contributed by atoms with Crippen LogP contribution in [0.4, 0.5) is 0 Å². The molecule has 4 rings (SSSR count). The van der Waals surface area contributed by atoms with Gasteiger partial charge in [-0.3, -0.25) is 24.3 Å².